The predicted molar refractivity (Wildman–Crippen MR) is 118 cm³/mol. The smallest absolute Gasteiger partial charge is 0.263 e. The topological polar surface area (TPSA) is 97.6 Å². The van der Waals surface area contributed by atoms with Crippen LogP contribution in [0.5, 0.6) is 0 Å². The summed E-state index contributed by atoms with van der Waals surface area (Å²) in [6.45, 7) is 0.640. The Balaban J connectivity index is 1.36. The average Bonchev–Trinajstić information content (AvgIpc) is 3.22. The molecule has 168 valence electrons. The van der Waals surface area contributed by atoms with Crippen LogP contribution in [0.25, 0.3) is 11.5 Å². The third kappa shape index (κ3) is 5.35. The highest BCUT2D eigenvalue weighted by Gasteiger charge is 2.12. The Morgan fingerprint density at radius 2 is 1.88 bits per heavy atom. The number of hydrogen-bond donors (Lipinski definition) is 2. The van der Waals surface area contributed by atoms with Gasteiger partial charge in [0.1, 0.15) is 12.0 Å². The number of hydrogen-bond acceptors (Lipinski definition) is 6. The van der Waals surface area contributed by atoms with Gasteiger partial charge < -0.3 is 15.2 Å². The van der Waals surface area contributed by atoms with Gasteiger partial charge in [-0.25, -0.2) is 18.7 Å². The summed E-state index contributed by atoms with van der Waals surface area (Å²) in [5.74, 6) is 1.07. The molecule has 1 amide bonds. The zero-order valence-electron chi connectivity index (χ0n) is 17.7. The van der Waals surface area contributed by atoms with Gasteiger partial charge in [0, 0.05) is 36.6 Å². The molecule has 0 saturated carbocycles. The summed E-state index contributed by atoms with van der Waals surface area (Å²) in [6.07, 6.45) is 0.588. The molecule has 0 spiro atoms. The van der Waals surface area contributed by atoms with Gasteiger partial charge in [-0.15, -0.1) is 10.2 Å². The summed E-state index contributed by atoms with van der Waals surface area (Å²) >= 11 is 0. The number of halogens is 2. The Kier molecular flexibility index (Phi) is 6.63. The molecule has 0 radical (unpaired) electrons. The molecule has 33 heavy (non-hydrogen) atoms. The number of nitrogens with zero attached hydrogens (tertiary/aromatic N) is 5. The van der Waals surface area contributed by atoms with E-state index in [9.17, 15) is 13.6 Å². The summed E-state index contributed by atoms with van der Waals surface area (Å²) in [6, 6.07) is 14.7. The van der Waals surface area contributed by atoms with Crippen LogP contribution in [0.15, 0.2) is 67.1 Å². The zero-order valence-corrected chi connectivity index (χ0v) is 17.7. The van der Waals surface area contributed by atoms with Gasteiger partial charge in [-0.3, -0.25) is 4.79 Å². The van der Waals surface area contributed by atoms with Crippen LogP contribution < -0.4 is 10.6 Å². The van der Waals surface area contributed by atoms with Crippen LogP contribution in [0.4, 0.5) is 14.5 Å². The van der Waals surface area contributed by atoms with Crippen molar-refractivity contribution in [1.29, 1.82) is 0 Å². The second kappa shape index (κ2) is 9.94. The number of alkyl halides is 2. The number of amides is 1. The number of benzene rings is 2. The normalized spacial score (nSPS) is 10.9. The first-order valence-electron chi connectivity index (χ1n) is 10.1. The van der Waals surface area contributed by atoms with Crippen molar-refractivity contribution < 1.29 is 13.6 Å². The zero-order chi connectivity index (χ0) is 23.2. The first-order valence-corrected chi connectivity index (χ1v) is 10.1. The van der Waals surface area contributed by atoms with Crippen molar-refractivity contribution in [1.82, 2.24) is 30.0 Å². The van der Waals surface area contributed by atoms with Gasteiger partial charge in [-0.05, 0) is 29.8 Å². The lowest BCUT2D eigenvalue weighted by Gasteiger charge is -2.10. The molecule has 0 aliphatic heterocycles. The second-order valence-electron chi connectivity index (χ2n) is 7.25. The van der Waals surface area contributed by atoms with Gasteiger partial charge in [-0.2, -0.15) is 0 Å². The van der Waals surface area contributed by atoms with Crippen molar-refractivity contribution in [2.24, 2.45) is 7.05 Å². The molecule has 0 saturated heterocycles. The molecule has 2 N–H and O–H groups in total. The van der Waals surface area contributed by atoms with Crippen molar-refractivity contribution in [3.05, 3.63) is 89.6 Å². The maximum absolute atomic E-state index is 12.7. The molecule has 0 atom stereocenters. The molecule has 10 heteroatoms. The number of carbonyl (C=O) groups is 1. The van der Waals surface area contributed by atoms with Crippen LogP contribution in [0.1, 0.15) is 33.7 Å². The molecule has 0 aliphatic carbocycles. The number of aromatic nitrogens is 5. The molecular weight excluding hydrogens is 428 g/mol. The van der Waals surface area contributed by atoms with E-state index in [0.717, 1.165) is 11.3 Å². The summed E-state index contributed by atoms with van der Waals surface area (Å²) < 4.78 is 27.1. The molecule has 2 aromatic carbocycles. The quantitative estimate of drug-likeness (QED) is 0.425. The summed E-state index contributed by atoms with van der Waals surface area (Å²) in [7, 11) is 1.85. The molecule has 0 unspecified atom stereocenters. The minimum absolute atomic E-state index is 0.0454. The first kappa shape index (κ1) is 22.0. The van der Waals surface area contributed by atoms with Crippen molar-refractivity contribution in [2.45, 2.75) is 19.5 Å². The van der Waals surface area contributed by atoms with Crippen molar-refractivity contribution in [3.8, 4) is 11.5 Å². The van der Waals surface area contributed by atoms with E-state index in [-0.39, 0.29) is 18.0 Å². The minimum atomic E-state index is -2.51. The van der Waals surface area contributed by atoms with Gasteiger partial charge in [0.25, 0.3) is 12.3 Å². The molecule has 8 nitrogen and oxygen atoms in total. The number of anilines is 1. The third-order valence-corrected chi connectivity index (χ3v) is 5.04. The summed E-state index contributed by atoms with van der Waals surface area (Å²) in [5, 5.41) is 14.4. The molecule has 0 fully saturated rings. The Morgan fingerprint density at radius 1 is 1.06 bits per heavy atom. The van der Waals surface area contributed by atoms with E-state index < -0.39 is 6.43 Å². The van der Waals surface area contributed by atoms with Gasteiger partial charge in [0.05, 0.1) is 6.54 Å². The highest BCUT2D eigenvalue weighted by Crippen LogP contribution is 2.19. The third-order valence-electron chi connectivity index (χ3n) is 5.04. The maximum Gasteiger partial charge on any atom is 0.263 e. The van der Waals surface area contributed by atoms with Crippen LogP contribution in [0, 0.1) is 0 Å². The van der Waals surface area contributed by atoms with E-state index in [2.05, 4.69) is 30.8 Å². The molecule has 0 bridgehead atoms. The molecule has 0 aliphatic rings. The average molecular weight is 449 g/mol. The monoisotopic (exact) mass is 449 g/mol. The van der Waals surface area contributed by atoms with Crippen LogP contribution in [0.3, 0.4) is 0 Å². The van der Waals surface area contributed by atoms with Gasteiger partial charge in [0.15, 0.2) is 11.6 Å². The first-order chi connectivity index (χ1) is 16.0. The number of carbonyl (C=O) groups excluding carboxylic acids is 1. The molecule has 4 rings (SSSR count). The maximum atomic E-state index is 12.7. The Hall–Kier alpha value is -4.21. The van der Waals surface area contributed by atoms with E-state index >= 15 is 0 Å². The second-order valence-corrected chi connectivity index (χ2v) is 7.25. The fourth-order valence-corrected chi connectivity index (χ4v) is 3.18. The number of nitrogens with one attached hydrogen (secondary N) is 2. The molecule has 2 heterocycles. The lowest BCUT2D eigenvalue weighted by Crippen LogP contribution is -2.22. The van der Waals surface area contributed by atoms with E-state index in [4.69, 9.17) is 0 Å². The largest absolute Gasteiger partial charge is 0.378 e. The van der Waals surface area contributed by atoms with E-state index in [1.165, 1.54) is 18.5 Å². The minimum Gasteiger partial charge on any atom is -0.378 e. The van der Waals surface area contributed by atoms with Crippen molar-refractivity contribution >= 4 is 11.6 Å². The van der Waals surface area contributed by atoms with Crippen LogP contribution in [0.2, 0.25) is 0 Å². The Bertz CT molecular complexity index is 1230. The molecular formula is C23H21F2N7O. The Labute approximate surface area is 188 Å². The van der Waals surface area contributed by atoms with Crippen LogP contribution >= 0.6 is 0 Å². The summed E-state index contributed by atoms with van der Waals surface area (Å²) in [5.41, 5.74) is 2.59. The lowest BCUT2D eigenvalue weighted by molar-refractivity contribution is 0.0951. The number of rotatable bonds is 8. The highest BCUT2D eigenvalue weighted by atomic mass is 19.3. The predicted octanol–water partition coefficient (Wildman–Crippen LogP) is 3.75. The fourth-order valence-electron chi connectivity index (χ4n) is 3.18. The summed E-state index contributed by atoms with van der Waals surface area (Å²) in [4.78, 5) is 20.6. The molecule has 2 aromatic heterocycles. The molecule has 4 aromatic rings. The lowest BCUT2D eigenvalue weighted by atomic mass is 10.1. The van der Waals surface area contributed by atoms with Gasteiger partial charge in [-0.1, -0.05) is 30.3 Å². The van der Waals surface area contributed by atoms with E-state index in [0.29, 0.717) is 29.5 Å². The van der Waals surface area contributed by atoms with E-state index in [1.54, 1.807) is 42.6 Å². The van der Waals surface area contributed by atoms with Crippen molar-refractivity contribution in [2.75, 3.05) is 5.32 Å². The highest BCUT2D eigenvalue weighted by molar-refractivity contribution is 5.95. The van der Waals surface area contributed by atoms with Crippen molar-refractivity contribution in [3.63, 3.8) is 0 Å². The standard InChI is InChI=1S/C23H21F2N7O/c1-32-20(30-31-22(32)19-9-10-26-14-29-19)13-27-18-4-2-3-17(11-18)23(33)28-12-15-5-7-16(8-6-15)21(24)25/h2-11,14,21,27H,12-13H2,1H3,(H,28,33). The SMILES string of the molecule is Cn1c(CNc2cccc(C(=O)NCc3ccc(C(F)F)cc3)c2)nnc1-c1ccncn1. The van der Waals surface area contributed by atoms with Gasteiger partial charge >= 0.3 is 0 Å². The van der Waals surface area contributed by atoms with Gasteiger partial charge in [0.2, 0.25) is 0 Å². The Morgan fingerprint density at radius 3 is 2.61 bits per heavy atom. The fraction of sp³-hybridized carbons (Fsp3) is 0.174. The van der Waals surface area contributed by atoms with E-state index in [1.807, 2.05) is 17.7 Å². The van der Waals surface area contributed by atoms with Crippen LogP contribution in [-0.2, 0) is 20.1 Å². The van der Waals surface area contributed by atoms with Crippen LogP contribution in [-0.4, -0.2) is 30.6 Å².